The number of aromatic nitrogens is 2. The van der Waals surface area contributed by atoms with Gasteiger partial charge >= 0.3 is 6.09 Å². The number of amides is 2. The maximum absolute atomic E-state index is 12.4. The highest BCUT2D eigenvalue weighted by atomic mass is 32.1. The number of alkyl carbamates (subject to hydrolysis) is 1. The predicted octanol–water partition coefficient (Wildman–Crippen LogP) is 2.08. The highest BCUT2D eigenvalue weighted by Gasteiger charge is 2.24. The Morgan fingerprint density at radius 3 is 2.59 bits per heavy atom. The largest absolute Gasteiger partial charge is 0.470 e. The van der Waals surface area contributed by atoms with E-state index in [1.165, 1.54) is 0 Å². The average molecular weight is 464 g/mol. The molecule has 0 radical (unpaired) electrons. The summed E-state index contributed by atoms with van der Waals surface area (Å²) in [6, 6.07) is 8.47. The molecule has 1 saturated heterocycles. The zero-order valence-electron chi connectivity index (χ0n) is 18.5. The van der Waals surface area contributed by atoms with Gasteiger partial charge < -0.3 is 24.4 Å². The predicted molar refractivity (Wildman–Crippen MR) is 120 cm³/mol. The Morgan fingerprint density at radius 1 is 1.19 bits per heavy atom. The molecule has 0 saturated carbocycles. The van der Waals surface area contributed by atoms with E-state index in [4.69, 9.17) is 14.2 Å². The van der Waals surface area contributed by atoms with Crippen LogP contribution in [0.25, 0.3) is 0 Å². The zero-order valence-corrected chi connectivity index (χ0v) is 19.3. The lowest BCUT2D eigenvalue weighted by Crippen LogP contribution is -2.46. The smallest absolute Gasteiger partial charge is 0.414 e. The lowest BCUT2D eigenvalue weighted by molar-refractivity contribution is 0.0574. The number of carbonyl (C=O) groups is 2. The number of hydrogen-bond acceptors (Lipinski definition) is 10. The third-order valence-corrected chi connectivity index (χ3v) is 5.05. The van der Waals surface area contributed by atoms with Gasteiger partial charge in [0.1, 0.15) is 12.7 Å². The molecule has 1 aliphatic heterocycles. The van der Waals surface area contributed by atoms with Crippen LogP contribution in [0.15, 0.2) is 30.3 Å². The summed E-state index contributed by atoms with van der Waals surface area (Å²) in [5.41, 5.74) is 0.174. The summed E-state index contributed by atoms with van der Waals surface area (Å²) in [5.74, 6) is 0.518. The van der Waals surface area contributed by atoms with Gasteiger partial charge in [0.25, 0.3) is 11.8 Å². The number of anilines is 1. The second kappa shape index (κ2) is 11.2. The topological polar surface area (TPSA) is 115 Å². The zero-order chi connectivity index (χ0) is 23.0. The number of nitrogens with zero attached hydrogens (tertiary/aromatic N) is 3. The molecule has 2 heterocycles. The summed E-state index contributed by atoms with van der Waals surface area (Å²) in [6.07, 6.45) is -1.50. The fraction of sp³-hybridized carbons (Fsp3) is 0.524. The number of rotatable bonds is 8. The minimum absolute atomic E-state index is 0.0543. The molecule has 0 bridgehead atoms. The van der Waals surface area contributed by atoms with E-state index in [1.54, 1.807) is 30.3 Å². The van der Waals surface area contributed by atoms with Gasteiger partial charge in [0.15, 0.2) is 0 Å². The number of hydrogen-bond donors (Lipinski definition) is 2. The van der Waals surface area contributed by atoms with Crippen molar-refractivity contribution in [3.63, 3.8) is 0 Å². The van der Waals surface area contributed by atoms with Gasteiger partial charge in [0.05, 0.1) is 24.9 Å². The van der Waals surface area contributed by atoms with Gasteiger partial charge in [0, 0.05) is 30.7 Å². The van der Waals surface area contributed by atoms with Crippen molar-refractivity contribution in [3.8, 4) is 5.88 Å². The van der Waals surface area contributed by atoms with Gasteiger partial charge in [-0.15, -0.1) is 4.37 Å². The quantitative estimate of drug-likeness (QED) is 0.607. The van der Waals surface area contributed by atoms with E-state index in [2.05, 4.69) is 24.3 Å². The minimum atomic E-state index is -0.840. The summed E-state index contributed by atoms with van der Waals surface area (Å²) in [4.78, 5) is 26.6. The highest BCUT2D eigenvalue weighted by Crippen LogP contribution is 2.26. The third-order valence-electron chi connectivity index (χ3n) is 4.54. The maximum atomic E-state index is 12.4. The maximum Gasteiger partial charge on any atom is 0.414 e. The van der Waals surface area contributed by atoms with Crippen molar-refractivity contribution >= 4 is 29.5 Å². The van der Waals surface area contributed by atoms with E-state index in [-0.39, 0.29) is 12.1 Å². The number of imide groups is 1. The molecule has 11 heteroatoms. The van der Waals surface area contributed by atoms with E-state index in [1.807, 2.05) is 20.8 Å². The first-order chi connectivity index (χ1) is 15.3. The van der Waals surface area contributed by atoms with E-state index in [0.29, 0.717) is 50.1 Å². The average Bonchev–Trinajstić information content (AvgIpc) is 3.25. The van der Waals surface area contributed by atoms with E-state index < -0.39 is 18.1 Å². The first kappa shape index (κ1) is 23.9. The summed E-state index contributed by atoms with van der Waals surface area (Å²) in [5, 5.41) is 5.54. The van der Waals surface area contributed by atoms with Crippen LogP contribution in [0.1, 0.15) is 31.1 Å². The molecule has 174 valence electrons. The molecule has 1 aromatic carbocycles. The normalized spacial score (nSPS) is 15.2. The van der Waals surface area contributed by atoms with Crippen molar-refractivity contribution in [2.45, 2.75) is 32.4 Å². The number of ether oxygens (including phenoxy) is 3. The SMILES string of the molecule is CC(C)(C)NC[C@@H](COc1nsnc1N1CCOCC1)OC(=O)NC(=O)c1ccccc1. The van der Waals surface area contributed by atoms with Crippen LogP contribution in [0.4, 0.5) is 10.6 Å². The summed E-state index contributed by atoms with van der Waals surface area (Å²) in [6.45, 7) is 9.05. The van der Waals surface area contributed by atoms with Crippen LogP contribution in [-0.2, 0) is 9.47 Å². The van der Waals surface area contributed by atoms with Crippen molar-refractivity contribution in [1.82, 2.24) is 19.4 Å². The summed E-state index contributed by atoms with van der Waals surface area (Å²) in [7, 11) is 0. The van der Waals surface area contributed by atoms with Crippen LogP contribution in [0, 0.1) is 0 Å². The molecule has 0 spiro atoms. The Labute approximate surface area is 191 Å². The third kappa shape index (κ3) is 7.43. The van der Waals surface area contributed by atoms with Gasteiger partial charge in [-0.1, -0.05) is 18.2 Å². The Morgan fingerprint density at radius 2 is 1.91 bits per heavy atom. The van der Waals surface area contributed by atoms with E-state index in [0.717, 1.165) is 11.7 Å². The molecule has 32 heavy (non-hydrogen) atoms. The monoisotopic (exact) mass is 463 g/mol. The lowest BCUT2D eigenvalue weighted by Gasteiger charge is -2.27. The summed E-state index contributed by atoms with van der Waals surface area (Å²) < 4.78 is 25.3. The van der Waals surface area contributed by atoms with Crippen molar-refractivity contribution in [1.29, 1.82) is 0 Å². The number of carbonyl (C=O) groups excluding carboxylic acids is 2. The molecule has 1 atom stereocenters. The fourth-order valence-electron chi connectivity index (χ4n) is 2.90. The van der Waals surface area contributed by atoms with Gasteiger partial charge in [-0.3, -0.25) is 10.1 Å². The Kier molecular flexibility index (Phi) is 8.37. The molecule has 2 aromatic rings. The fourth-order valence-corrected chi connectivity index (χ4v) is 3.42. The summed E-state index contributed by atoms with van der Waals surface area (Å²) >= 11 is 1.06. The number of morpholine rings is 1. The highest BCUT2D eigenvalue weighted by molar-refractivity contribution is 6.99. The van der Waals surface area contributed by atoms with Crippen LogP contribution in [-0.4, -0.2) is 71.8 Å². The first-order valence-electron chi connectivity index (χ1n) is 10.4. The van der Waals surface area contributed by atoms with Crippen molar-refractivity contribution in [2.75, 3.05) is 44.4 Å². The molecular weight excluding hydrogens is 434 g/mol. The van der Waals surface area contributed by atoms with Crippen molar-refractivity contribution < 1.29 is 23.8 Å². The molecule has 0 unspecified atom stereocenters. The van der Waals surface area contributed by atoms with Gasteiger partial charge in [-0.25, -0.2) is 4.79 Å². The van der Waals surface area contributed by atoms with Gasteiger partial charge in [-0.05, 0) is 32.9 Å². The second-order valence-electron chi connectivity index (χ2n) is 8.28. The van der Waals surface area contributed by atoms with Crippen LogP contribution in [0.5, 0.6) is 5.88 Å². The van der Waals surface area contributed by atoms with Gasteiger partial charge in [0.2, 0.25) is 5.82 Å². The molecule has 1 aromatic heterocycles. The van der Waals surface area contributed by atoms with Crippen LogP contribution in [0.2, 0.25) is 0 Å². The number of benzene rings is 1. The Bertz CT molecular complexity index is 880. The van der Waals surface area contributed by atoms with Crippen molar-refractivity contribution in [2.24, 2.45) is 0 Å². The Balaban J connectivity index is 1.59. The molecule has 3 rings (SSSR count). The second-order valence-corrected chi connectivity index (χ2v) is 8.81. The van der Waals surface area contributed by atoms with Crippen LogP contribution < -0.4 is 20.3 Å². The van der Waals surface area contributed by atoms with Crippen LogP contribution in [0.3, 0.4) is 0 Å². The molecular formula is C21H29N5O5S. The van der Waals surface area contributed by atoms with Gasteiger partial charge in [-0.2, -0.15) is 4.37 Å². The van der Waals surface area contributed by atoms with E-state index >= 15 is 0 Å². The molecule has 0 aliphatic carbocycles. The van der Waals surface area contributed by atoms with Crippen molar-refractivity contribution in [3.05, 3.63) is 35.9 Å². The van der Waals surface area contributed by atoms with E-state index in [9.17, 15) is 9.59 Å². The van der Waals surface area contributed by atoms with Crippen LogP contribution >= 0.6 is 11.7 Å². The standard InChI is InChI=1S/C21H29N5O5S/c1-21(2,3)22-13-16(31-20(28)23-18(27)15-7-5-4-6-8-15)14-30-19-17(24-32-25-19)26-9-11-29-12-10-26/h4-8,16,22H,9-14H2,1-3H3,(H,23,27,28)/t16-/m0/s1. The molecule has 1 aliphatic rings. The molecule has 1 fully saturated rings. The number of nitrogens with one attached hydrogen (secondary N) is 2. The molecule has 2 amide bonds. The molecule has 2 N–H and O–H groups in total. The lowest BCUT2D eigenvalue weighted by atomic mass is 10.1. The minimum Gasteiger partial charge on any atom is -0.470 e. The molecule has 10 nitrogen and oxygen atoms in total. The Hall–Kier alpha value is -2.76. The first-order valence-corrected chi connectivity index (χ1v) is 11.1.